The van der Waals surface area contributed by atoms with Crippen LogP contribution in [-0.2, 0) is 0 Å². The smallest absolute Gasteiger partial charge is 0.251 e. The number of carbonyl (C=O) groups is 1. The van der Waals surface area contributed by atoms with Crippen LogP contribution in [0.3, 0.4) is 0 Å². The number of fused-ring (bicyclic) bond motifs is 1. The molecule has 6 heteroatoms. The summed E-state index contributed by atoms with van der Waals surface area (Å²) < 4.78 is 0. The maximum Gasteiger partial charge on any atom is 0.251 e. The Kier molecular flexibility index (Phi) is 7.13. The van der Waals surface area contributed by atoms with Crippen molar-refractivity contribution in [3.63, 3.8) is 0 Å². The van der Waals surface area contributed by atoms with Crippen LogP contribution in [-0.4, -0.2) is 57.0 Å². The molecule has 166 valence electrons. The van der Waals surface area contributed by atoms with Crippen LogP contribution in [0.5, 0.6) is 0 Å². The van der Waals surface area contributed by atoms with Crippen LogP contribution in [0.2, 0.25) is 0 Å². The Morgan fingerprint density at radius 2 is 1.97 bits per heavy atom. The van der Waals surface area contributed by atoms with Crippen molar-refractivity contribution < 1.29 is 4.79 Å². The summed E-state index contributed by atoms with van der Waals surface area (Å²) >= 11 is 0. The highest BCUT2D eigenvalue weighted by Gasteiger charge is 2.22. The molecule has 1 aliphatic rings. The molecule has 1 atom stereocenters. The van der Waals surface area contributed by atoms with Crippen LogP contribution in [0.15, 0.2) is 41.4 Å². The van der Waals surface area contributed by atoms with Crippen molar-refractivity contribution in [2.45, 2.75) is 34.0 Å². The first-order valence-corrected chi connectivity index (χ1v) is 10.9. The van der Waals surface area contributed by atoms with Gasteiger partial charge in [-0.2, -0.15) is 0 Å². The zero-order valence-electron chi connectivity index (χ0n) is 19.5. The van der Waals surface area contributed by atoms with E-state index < -0.39 is 0 Å². The van der Waals surface area contributed by atoms with Crippen molar-refractivity contribution in [3.05, 3.63) is 53.1 Å². The second kappa shape index (κ2) is 9.62. The first-order chi connectivity index (χ1) is 14.7. The van der Waals surface area contributed by atoms with Crippen LogP contribution in [0.4, 0.5) is 5.69 Å². The molecule has 1 heterocycles. The molecule has 0 saturated heterocycles. The van der Waals surface area contributed by atoms with E-state index >= 15 is 0 Å². The topological polar surface area (TPSA) is 68.8 Å². The van der Waals surface area contributed by atoms with Crippen molar-refractivity contribution in [3.8, 4) is 11.1 Å². The lowest BCUT2D eigenvalue weighted by Crippen LogP contribution is -2.44. The number of aryl methyl sites for hydroxylation is 1. The first-order valence-electron chi connectivity index (χ1n) is 10.9. The van der Waals surface area contributed by atoms with Crippen LogP contribution in [0.1, 0.15) is 42.3 Å². The van der Waals surface area contributed by atoms with E-state index in [-0.39, 0.29) is 17.6 Å². The highest BCUT2D eigenvalue weighted by molar-refractivity contribution is 5.96. The third-order valence-corrected chi connectivity index (χ3v) is 5.37. The van der Waals surface area contributed by atoms with Gasteiger partial charge in [-0.1, -0.05) is 26.0 Å². The van der Waals surface area contributed by atoms with Crippen LogP contribution in [0.25, 0.3) is 11.1 Å². The monoisotopic (exact) mass is 421 g/mol. The SMILES string of the molecule is CCNC(=O)c1ccc(C)c(-c2ccc3c(c2)C=NC(NCC(C)(C)CN(C)C)N3)c1. The molecule has 0 aromatic heterocycles. The Bertz CT molecular complexity index is 964. The molecular formula is C25H35N5O. The van der Waals surface area contributed by atoms with E-state index in [1.165, 1.54) is 0 Å². The van der Waals surface area contributed by atoms with Gasteiger partial charge >= 0.3 is 0 Å². The Hall–Kier alpha value is -2.70. The van der Waals surface area contributed by atoms with Gasteiger partial charge in [0.25, 0.3) is 5.91 Å². The quantitative estimate of drug-likeness (QED) is 0.608. The Morgan fingerprint density at radius 3 is 2.68 bits per heavy atom. The fourth-order valence-electron chi connectivity index (χ4n) is 4.03. The fraction of sp³-hybridized carbons (Fsp3) is 0.440. The molecule has 1 amide bonds. The van der Waals surface area contributed by atoms with Crippen LogP contribution < -0.4 is 16.0 Å². The lowest BCUT2D eigenvalue weighted by atomic mass is 9.93. The maximum atomic E-state index is 12.2. The molecule has 0 aliphatic carbocycles. The van der Waals surface area contributed by atoms with Crippen molar-refractivity contribution >= 4 is 17.8 Å². The Labute approximate surface area is 186 Å². The van der Waals surface area contributed by atoms with E-state index in [9.17, 15) is 4.79 Å². The number of rotatable bonds is 8. The van der Waals surface area contributed by atoms with Crippen LogP contribution in [0, 0.1) is 12.3 Å². The van der Waals surface area contributed by atoms with Crippen molar-refractivity contribution in [1.29, 1.82) is 0 Å². The minimum atomic E-state index is -0.136. The molecule has 0 fully saturated rings. The lowest BCUT2D eigenvalue weighted by molar-refractivity contribution is 0.0956. The fourth-order valence-corrected chi connectivity index (χ4v) is 4.03. The number of nitrogens with zero attached hydrogens (tertiary/aromatic N) is 2. The number of aliphatic imine (C=N–C) groups is 1. The minimum absolute atomic E-state index is 0.0453. The summed E-state index contributed by atoms with van der Waals surface area (Å²) in [6.07, 6.45) is 1.79. The normalized spacial score (nSPS) is 15.5. The Balaban J connectivity index is 1.75. The Morgan fingerprint density at radius 1 is 1.19 bits per heavy atom. The van der Waals surface area contributed by atoms with Gasteiger partial charge in [-0.05, 0) is 74.3 Å². The molecule has 0 bridgehead atoms. The van der Waals surface area contributed by atoms with Gasteiger partial charge in [0.1, 0.15) is 0 Å². The summed E-state index contributed by atoms with van der Waals surface area (Å²) in [7, 11) is 4.19. The molecule has 1 aliphatic heterocycles. The van der Waals surface area contributed by atoms with Gasteiger partial charge in [0, 0.05) is 42.7 Å². The predicted octanol–water partition coefficient (Wildman–Crippen LogP) is 3.72. The third kappa shape index (κ3) is 5.93. The standard InChI is InChI=1S/C25H35N5O/c1-7-26-23(31)19-9-8-17(2)21(13-19)18-10-11-22-20(12-18)14-27-24(29-22)28-15-25(3,4)16-30(5)6/h8-14,24,28-29H,7,15-16H2,1-6H3,(H,26,31). The molecule has 2 aromatic rings. The number of benzene rings is 2. The molecule has 3 rings (SSSR count). The second-order valence-electron chi connectivity index (χ2n) is 9.30. The molecule has 6 nitrogen and oxygen atoms in total. The highest BCUT2D eigenvalue weighted by Crippen LogP contribution is 2.29. The number of anilines is 1. The summed E-state index contributed by atoms with van der Waals surface area (Å²) in [5.74, 6) is -0.0453. The number of hydrogen-bond donors (Lipinski definition) is 3. The van der Waals surface area contributed by atoms with Gasteiger partial charge in [0.05, 0.1) is 0 Å². The molecule has 2 aromatic carbocycles. The van der Waals surface area contributed by atoms with E-state index in [4.69, 9.17) is 0 Å². The van der Waals surface area contributed by atoms with Crippen molar-refractivity contribution in [2.75, 3.05) is 39.0 Å². The van der Waals surface area contributed by atoms with E-state index in [1.807, 2.05) is 31.3 Å². The molecule has 0 radical (unpaired) electrons. The summed E-state index contributed by atoms with van der Waals surface area (Å²) in [6, 6.07) is 12.2. The lowest BCUT2D eigenvalue weighted by Gasteiger charge is -2.31. The molecular weight excluding hydrogens is 386 g/mol. The van der Waals surface area contributed by atoms with Gasteiger partial charge in [0.2, 0.25) is 0 Å². The molecule has 3 N–H and O–H groups in total. The van der Waals surface area contributed by atoms with Gasteiger partial charge in [-0.3, -0.25) is 15.1 Å². The average Bonchev–Trinajstić information content (AvgIpc) is 2.71. The molecule has 31 heavy (non-hydrogen) atoms. The summed E-state index contributed by atoms with van der Waals surface area (Å²) in [6.45, 7) is 11.0. The molecule has 1 unspecified atom stereocenters. The number of nitrogens with one attached hydrogen (secondary N) is 3. The highest BCUT2D eigenvalue weighted by atomic mass is 16.1. The average molecular weight is 422 g/mol. The third-order valence-electron chi connectivity index (χ3n) is 5.37. The van der Waals surface area contributed by atoms with E-state index in [0.29, 0.717) is 12.1 Å². The minimum Gasteiger partial charge on any atom is -0.352 e. The largest absolute Gasteiger partial charge is 0.352 e. The van der Waals surface area contributed by atoms with Gasteiger partial charge in [0.15, 0.2) is 6.29 Å². The second-order valence-corrected chi connectivity index (χ2v) is 9.30. The zero-order valence-corrected chi connectivity index (χ0v) is 19.5. The number of hydrogen-bond acceptors (Lipinski definition) is 5. The van der Waals surface area contributed by atoms with Crippen molar-refractivity contribution in [2.24, 2.45) is 10.4 Å². The first kappa shape index (κ1) is 23.0. The summed E-state index contributed by atoms with van der Waals surface area (Å²) in [5.41, 5.74) is 6.20. The van der Waals surface area contributed by atoms with Crippen molar-refractivity contribution in [1.82, 2.24) is 15.5 Å². The van der Waals surface area contributed by atoms with E-state index in [0.717, 1.165) is 41.0 Å². The van der Waals surface area contributed by atoms with E-state index in [1.54, 1.807) is 0 Å². The zero-order chi connectivity index (χ0) is 22.6. The van der Waals surface area contributed by atoms with Gasteiger partial charge in [-0.15, -0.1) is 0 Å². The summed E-state index contributed by atoms with van der Waals surface area (Å²) in [4.78, 5) is 19.1. The van der Waals surface area contributed by atoms with E-state index in [2.05, 4.69) is 78.9 Å². The predicted molar refractivity (Wildman–Crippen MR) is 130 cm³/mol. The summed E-state index contributed by atoms with van der Waals surface area (Å²) in [5, 5.41) is 9.86. The van der Waals surface area contributed by atoms with Gasteiger partial charge < -0.3 is 15.5 Å². The van der Waals surface area contributed by atoms with Gasteiger partial charge in [-0.25, -0.2) is 0 Å². The molecule has 0 saturated carbocycles. The number of carbonyl (C=O) groups excluding carboxylic acids is 1. The maximum absolute atomic E-state index is 12.2. The molecule has 0 spiro atoms. The van der Waals surface area contributed by atoms with Crippen LogP contribution >= 0.6 is 0 Å². The number of amides is 1.